The highest BCUT2D eigenvalue weighted by Crippen LogP contribution is 2.14. The molecule has 3 aromatic rings. The number of rotatable bonds is 2. The zero-order valence-electron chi connectivity index (χ0n) is 12.1. The molecule has 0 amide bonds. The van der Waals surface area contributed by atoms with Crippen LogP contribution in [0.15, 0.2) is 61.1 Å². The van der Waals surface area contributed by atoms with Gasteiger partial charge in [0.25, 0.3) is 0 Å². The van der Waals surface area contributed by atoms with Gasteiger partial charge in [0, 0.05) is 29.8 Å². The molecule has 2 aromatic heterocycles. The molecular weight excluding hydrogens is 294 g/mol. The van der Waals surface area contributed by atoms with Crippen LogP contribution in [0.4, 0.5) is 11.6 Å². The van der Waals surface area contributed by atoms with Gasteiger partial charge >= 0.3 is 5.97 Å². The van der Waals surface area contributed by atoms with E-state index in [0.29, 0.717) is 5.69 Å². The molecule has 0 fully saturated rings. The lowest BCUT2D eigenvalue weighted by Crippen LogP contribution is -1.95. The fourth-order valence-electron chi connectivity index (χ4n) is 1.68. The Morgan fingerprint density at radius 2 is 1.57 bits per heavy atom. The van der Waals surface area contributed by atoms with Gasteiger partial charge in [-0.25, -0.2) is 14.8 Å². The van der Waals surface area contributed by atoms with Crippen LogP contribution in [-0.2, 0) is 0 Å². The summed E-state index contributed by atoms with van der Waals surface area (Å²) in [5, 5.41) is 8.43. The van der Waals surface area contributed by atoms with E-state index in [1.54, 1.807) is 30.7 Å². The number of pyridine rings is 1. The van der Waals surface area contributed by atoms with E-state index >= 15 is 0 Å². The Labute approximate surface area is 132 Å². The van der Waals surface area contributed by atoms with Gasteiger partial charge in [-0.15, -0.1) is 0 Å². The van der Waals surface area contributed by atoms with Gasteiger partial charge in [0.05, 0.1) is 11.3 Å². The number of nitrogens with zero attached hydrogens (tertiary/aromatic N) is 3. The van der Waals surface area contributed by atoms with Crippen molar-refractivity contribution in [2.75, 3.05) is 11.5 Å². The standard InChI is InChI=1S/C9H8N4.C7H7NO2/c10-9-12-6-3-8(13-9)7-1-4-11-5-2-7;8-6-3-1-5(2-4-6)7(9)10/h1-6H,(H2,10,12,13);1-4H,8H2,(H,9,10). The van der Waals surface area contributed by atoms with Crippen LogP contribution in [-0.4, -0.2) is 26.0 Å². The average molecular weight is 309 g/mol. The summed E-state index contributed by atoms with van der Waals surface area (Å²) in [5.74, 6) is -0.644. The molecule has 0 bridgehead atoms. The first kappa shape index (κ1) is 15.9. The molecular formula is C16H15N5O2. The molecule has 2 heterocycles. The number of carboxylic acid groups (broad SMARTS) is 1. The first-order chi connectivity index (χ1) is 11.1. The fourth-order valence-corrected chi connectivity index (χ4v) is 1.68. The van der Waals surface area contributed by atoms with Gasteiger partial charge in [-0.1, -0.05) is 0 Å². The number of nitrogens with two attached hydrogens (primary N) is 2. The third-order valence-electron chi connectivity index (χ3n) is 2.81. The van der Waals surface area contributed by atoms with Gasteiger partial charge in [-0.2, -0.15) is 0 Å². The predicted molar refractivity (Wildman–Crippen MR) is 87.5 cm³/mol. The maximum Gasteiger partial charge on any atom is 0.335 e. The molecule has 0 spiro atoms. The monoisotopic (exact) mass is 309 g/mol. The second-order valence-corrected chi connectivity index (χ2v) is 4.46. The minimum Gasteiger partial charge on any atom is -0.478 e. The topological polar surface area (TPSA) is 128 Å². The van der Waals surface area contributed by atoms with Crippen LogP contribution in [0, 0.1) is 0 Å². The molecule has 7 heteroatoms. The van der Waals surface area contributed by atoms with Gasteiger partial charge in [0.2, 0.25) is 5.95 Å². The third kappa shape index (κ3) is 4.78. The Morgan fingerprint density at radius 3 is 2.13 bits per heavy atom. The zero-order valence-corrected chi connectivity index (χ0v) is 12.1. The van der Waals surface area contributed by atoms with Crippen molar-refractivity contribution in [3.63, 3.8) is 0 Å². The Hall–Kier alpha value is -3.48. The molecule has 3 rings (SSSR count). The van der Waals surface area contributed by atoms with Crippen LogP contribution < -0.4 is 11.5 Å². The number of hydrogen-bond donors (Lipinski definition) is 3. The largest absolute Gasteiger partial charge is 0.478 e. The van der Waals surface area contributed by atoms with Crippen LogP contribution in [0.3, 0.4) is 0 Å². The van der Waals surface area contributed by atoms with Crippen molar-refractivity contribution in [1.29, 1.82) is 0 Å². The van der Waals surface area contributed by atoms with Crippen molar-refractivity contribution in [2.45, 2.75) is 0 Å². The van der Waals surface area contributed by atoms with Crippen molar-refractivity contribution in [1.82, 2.24) is 15.0 Å². The van der Waals surface area contributed by atoms with Crippen LogP contribution in [0.25, 0.3) is 11.3 Å². The smallest absolute Gasteiger partial charge is 0.335 e. The lowest BCUT2D eigenvalue weighted by atomic mass is 10.2. The predicted octanol–water partition coefficient (Wildman–Crippen LogP) is 2.09. The van der Waals surface area contributed by atoms with Gasteiger partial charge in [0.15, 0.2) is 0 Å². The van der Waals surface area contributed by atoms with Gasteiger partial charge < -0.3 is 16.6 Å². The van der Waals surface area contributed by atoms with E-state index in [-0.39, 0.29) is 11.5 Å². The van der Waals surface area contributed by atoms with Crippen molar-refractivity contribution in [3.05, 3.63) is 66.6 Å². The molecule has 0 aliphatic heterocycles. The van der Waals surface area contributed by atoms with Gasteiger partial charge in [-0.05, 0) is 42.5 Å². The average Bonchev–Trinajstić information content (AvgIpc) is 2.57. The molecule has 116 valence electrons. The lowest BCUT2D eigenvalue weighted by Gasteiger charge is -1.99. The van der Waals surface area contributed by atoms with E-state index < -0.39 is 5.97 Å². The lowest BCUT2D eigenvalue weighted by molar-refractivity contribution is 0.0697. The van der Waals surface area contributed by atoms with Crippen LogP contribution in [0.2, 0.25) is 0 Å². The van der Waals surface area contributed by atoms with Crippen molar-refractivity contribution in [2.24, 2.45) is 0 Å². The highest BCUT2D eigenvalue weighted by molar-refractivity contribution is 5.87. The maximum absolute atomic E-state index is 10.3. The first-order valence-corrected chi connectivity index (χ1v) is 6.64. The van der Waals surface area contributed by atoms with Crippen LogP contribution in [0.1, 0.15) is 10.4 Å². The molecule has 1 aromatic carbocycles. The molecule has 0 unspecified atom stereocenters. The molecule has 0 aliphatic carbocycles. The summed E-state index contributed by atoms with van der Waals surface area (Å²) in [6.45, 7) is 0. The maximum atomic E-state index is 10.3. The SMILES string of the molecule is Nc1ccc(C(=O)O)cc1.Nc1nccc(-c2ccncc2)n1. The van der Waals surface area contributed by atoms with Crippen molar-refractivity contribution in [3.8, 4) is 11.3 Å². The Balaban J connectivity index is 0.000000174. The van der Waals surface area contributed by atoms with Gasteiger partial charge in [0.1, 0.15) is 0 Å². The molecule has 5 N–H and O–H groups in total. The number of carboxylic acids is 1. The first-order valence-electron chi connectivity index (χ1n) is 6.64. The summed E-state index contributed by atoms with van der Waals surface area (Å²) in [6, 6.07) is 11.6. The minimum atomic E-state index is -0.931. The summed E-state index contributed by atoms with van der Waals surface area (Å²) in [4.78, 5) is 22.1. The quantitative estimate of drug-likeness (QED) is 0.618. The molecule has 0 saturated heterocycles. The van der Waals surface area contributed by atoms with E-state index in [9.17, 15) is 4.79 Å². The normalized spacial score (nSPS) is 9.57. The summed E-state index contributed by atoms with van der Waals surface area (Å²) in [5.41, 5.74) is 13.4. The Kier molecular flexibility index (Phi) is 5.19. The van der Waals surface area contributed by atoms with E-state index in [4.69, 9.17) is 16.6 Å². The number of carbonyl (C=O) groups is 1. The highest BCUT2D eigenvalue weighted by Gasteiger charge is 1.99. The Morgan fingerprint density at radius 1 is 0.913 bits per heavy atom. The molecule has 0 radical (unpaired) electrons. The Bertz CT molecular complexity index is 776. The summed E-state index contributed by atoms with van der Waals surface area (Å²) in [6.07, 6.45) is 5.07. The zero-order chi connectivity index (χ0) is 16.7. The summed E-state index contributed by atoms with van der Waals surface area (Å²) in [7, 11) is 0. The molecule has 0 aliphatic rings. The highest BCUT2D eigenvalue weighted by atomic mass is 16.4. The van der Waals surface area contributed by atoms with E-state index in [2.05, 4.69) is 15.0 Å². The molecule has 7 nitrogen and oxygen atoms in total. The number of aromatic carboxylic acids is 1. The summed E-state index contributed by atoms with van der Waals surface area (Å²) >= 11 is 0. The van der Waals surface area contributed by atoms with Crippen LogP contribution in [0.5, 0.6) is 0 Å². The number of benzene rings is 1. The van der Waals surface area contributed by atoms with Crippen molar-refractivity contribution < 1.29 is 9.90 Å². The van der Waals surface area contributed by atoms with Crippen molar-refractivity contribution >= 4 is 17.6 Å². The van der Waals surface area contributed by atoms with E-state index in [1.165, 1.54) is 12.1 Å². The molecule has 0 atom stereocenters. The second-order valence-electron chi connectivity index (χ2n) is 4.46. The number of aromatic nitrogens is 3. The van der Waals surface area contributed by atoms with E-state index in [1.807, 2.05) is 18.2 Å². The third-order valence-corrected chi connectivity index (χ3v) is 2.81. The number of anilines is 2. The second kappa shape index (κ2) is 7.51. The molecule has 23 heavy (non-hydrogen) atoms. The van der Waals surface area contributed by atoms with Gasteiger partial charge in [-0.3, -0.25) is 4.98 Å². The van der Waals surface area contributed by atoms with Crippen LogP contribution >= 0.6 is 0 Å². The number of nitrogen functional groups attached to an aromatic ring is 2. The minimum absolute atomic E-state index is 0.259. The number of hydrogen-bond acceptors (Lipinski definition) is 6. The van der Waals surface area contributed by atoms with E-state index in [0.717, 1.165) is 11.3 Å². The molecule has 0 saturated carbocycles. The summed E-state index contributed by atoms with van der Waals surface area (Å²) < 4.78 is 0. The fraction of sp³-hybridized carbons (Fsp3) is 0.